The summed E-state index contributed by atoms with van der Waals surface area (Å²) in [5, 5.41) is 18.6. The lowest BCUT2D eigenvalue weighted by Gasteiger charge is -2.31. The summed E-state index contributed by atoms with van der Waals surface area (Å²) < 4.78 is 0. The number of nitrogens with zero attached hydrogens (tertiary/aromatic N) is 1. The number of carbonyl (C=O) groups is 1. The summed E-state index contributed by atoms with van der Waals surface area (Å²) in [6, 6.07) is 10.7. The average Bonchev–Trinajstić information content (AvgIpc) is 2.59. The number of carboxylic acid groups (broad SMARTS) is 1. The van der Waals surface area contributed by atoms with E-state index in [1.807, 2.05) is 6.92 Å². The van der Waals surface area contributed by atoms with Gasteiger partial charge in [0, 0.05) is 18.0 Å². The van der Waals surface area contributed by atoms with Crippen molar-refractivity contribution in [3.05, 3.63) is 47.7 Å². The molecule has 0 amide bonds. The monoisotopic (exact) mass is 355 g/mol. The molecule has 2 aromatic rings. The number of allylic oxidation sites excluding steroid dienone is 1. The Kier molecular flexibility index (Phi) is 6.92. The minimum absolute atomic E-state index is 0.451. The smallest absolute Gasteiger partial charge is 0.300 e. The van der Waals surface area contributed by atoms with Crippen LogP contribution >= 0.6 is 0 Å². The second kappa shape index (κ2) is 8.95. The third kappa shape index (κ3) is 6.26. The SMILES string of the molecule is CC(=O)O.CCc1ccc2ccc(/C=C/C3CCC(C)(O)CC3)cc2n1. The van der Waals surface area contributed by atoms with Crippen LogP contribution in [0.4, 0.5) is 0 Å². The van der Waals surface area contributed by atoms with Gasteiger partial charge in [-0.05, 0) is 62.6 Å². The minimum Gasteiger partial charge on any atom is -0.481 e. The summed E-state index contributed by atoms with van der Waals surface area (Å²) in [5.74, 6) is -0.245. The van der Waals surface area contributed by atoms with Crippen molar-refractivity contribution in [2.24, 2.45) is 5.92 Å². The summed E-state index contributed by atoms with van der Waals surface area (Å²) in [4.78, 5) is 13.7. The lowest BCUT2D eigenvalue weighted by atomic mass is 9.80. The molecule has 1 aliphatic rings. The molecule has 3 rings (SSSR count). The minimum atomic E-state index is -0.833. The van der Waals surface area contributed by atoms with Crippen LogP contribution in [-0.4, -0.2) is 26.8 Å². The van der Waals surface area contributed by atoms with Crippen LogP contribution in [0.3, 0.4) is 0 Å². The first-order valence-corrected chi connectivity index (χ1v) is 9.29. The first-order valence-electron chi connectivity index (χ1n) is 9.29. The number of carboxylic acids is 1. The molecule has 2 N–H and O–H groups in total. The van der Waals surface area contributed by atoms with Crippen molar-refractivity contribution in [1.82, 2.24) is 4.98 Å². The van der Waals surface area contributed by atoms with E-state index in [0.29, 0.717) is 5.92 Å². The molecule has 4 nitrogen and oxygen atoms in total. The topological polar surface area (TPSA) is 70.4 Å². The maximum Gasteiger partial charge on any atom is 0.300 e. The van der Waals surface area contributed by atoms with E-state index in [2.05, 4.69) is 49.4 Å². The molecular formula is C22H29NO3. The molecule has 0 spiro atoms. The van der Waals surface area contributed by atoms with Crippen LogP contribution in [-0.2, 0) is 11.2 Å². The lowest BCUT2D eigenvalue weighted by molar-refractivity contribution is -0.134. The van der Waals surface area contributed by atoms with Crippen molar-refractivity contribution in [3.63, 3.8) is 0 Å². The van der Waals surface area contributed by atoms with Crippen molar-refractivity contribution < 1.29 is 15.0 Å². The van der Waals surface area contributed by atoms with E-state index in [1.165, 1.54) is 10.9 Å². The van der Waals surface area contributed by atoms with Crippen LogP contribution in [0.25, 0.3) is 17.0 Å². The average molecular weight is 355 g/mol. The molecule has 1 aromatic heterocycles. The lowest BCUT2D eigenvalue weighted by Crippen LogP contribution is -2.29. The number of hydrogen-bond acceptors (Lipinski definition) is 3. The van der Waals surface area contributed by atoms with Crippen molar-refractivity contribution in [2.75, 3.05) is 0 Å². The van der Waals surface area contributed by atoms with E-state index >= 15 is 0 Å². The van der Waals surface area contributed by atoms with Gasteiger partial charge in [0.1, 0.15) is 0 Å². The highest BCUT2D eigenvalue weighted by Crippen LogP contribution is 2.32. The summed E-state index contributed by atoms with van der Waals surface area (Å²) in [6.07, 6.45) is 9.45. The first kappa shape index (κ1) is 20.1. The molecule has 1 fully saturated rings. The van der Waals surface area contributed by atoms with E-state index < -0.39 is 11.6 Å². The Balaban J connectivity index is 0.000000552. The van der Waals surface area contributed by atoms with Crippen LogP contribution in [0, 0.1) is 5.92 Å². The molecule has 0 radical (unpaired) electrons. The molecule has 0 bridgehead atoms. The maximum atomic E-state index is 10.0. The van der Waals surface area contributed by atoms with Gasteiger partial charge in [-0.1, -0.05) is 37.3 Å². The van der Waals surface area contributed by atoms with Gasteiger partial charge in [-0.2, -0.15) is 0 Å². The van der Waals surface area contributed by atoms with Crippen molar-refractivity contribution in [2.45, 2.75) is 58.5 Å². The molecule has 0 aliphatic heterocycles. The van der Waals surface area contributed by atoms with E-state index in [4.69, 9.17) is 14.9 Å². The molecular weight excluding hydrogens is 326 g/mol. The van der Waals surface area contributed by atoms with Crippen LogP contribution in [0.15, 0.2) is 36.4 Å². The van der Waals surface area contributed by atoms with Gasteiger partial charge >= 0.3 is 0 Å². The summed E-state index contributed by atoms with van der Waals surface area (Å²) in [6.45, 7) is 5.17. The van der Waals surface area contributed by atoms with Gasteiger partial charge in [0.2, 0.25) is 0 Å². The molecule has 26 heavy (non-hydrogen) atoms. The predicted molar refractivity (Wildman–Crippen MR) is 106 cm³/mol. The highest BCUT2D eigenvalue weighted by Gasteiger charge is 2.27. The summed E-state index contributed by atoms with van der Waals surface area (Å²) >= 11 is 0. The van der Waals surface area contributed by atoms with E-state index in [1.54, 1.807) is 0 Å². The Morgan fingerprint density at radius 1 is 1.27 bits per heavy atom. The molecule has 1 aromatic carbocycles. The number of hydrogen-bond donors (Lipinski definition) is 2. The maximum absolute atomic E-state index is 10.0. The van der Waals surface area contributed by atoms with Crippen molar-refractivity contribution >= 4 is 22.9 Å². The second-order valence-corrected chi connectivity index (χ2v) is 7.32. The number of aryl methyl sites for hydroxylation is 1. The number of benzene rings is 1. The number of pyridine rings is 1. The summed E-state index contributed by atoms with van der Waals surface area (Å²) in [7, 11) is 0. The number of fused-ring (bicyclic) bond motifs is 1. The molecule has 1 saturated carbocycles. The van der Waals surface area contributed by atoms with E-state index in [0.717, 1.165) is 50.2 Å². The summed E-state index contributed by atoms with van der Waals surface area (Å²) in [5.41, 5.74) is 2.98. The van der Waals surface area contributed by atoms with Gasteiger partial charge in [-0.15, -0.1) is 0 Å². The molecule has 0 saturated heterocycles. The second-order valence-electron chi connectivity index (χ2n) is 7.32. The molecule has 4 heteroatoms. The third-order valence-corrected chi connectivity index (χ3v) is 4.80. The van der Waals surface area contributed by atoms with Gasteiger partial charge in [-0.25, -0.2) is 0 Å². The van der Waals surface area contributed by atoms with Crippen molar-refractivity contribution in [3.8, 4) is 0 Å². The van der Waals surface area contributed by atoms with Crippen LogP contribution in [0.2, 0.25) is 0 Å². The Bertz CT molecular complexity index is 766. The zero-order chi connectivity index (χ0) is 19.2. The van der Waals surface area contributed by atoms with Crippen LogP contribution in [0.1, 0.15) is 57.7 Å². The van der Waals surface area contributed by atoms with Gasteiger partial charge in [0.15, 0.2) is 0 Å². The largest absolute Gasteiger partial charge is 0.481 e. The number of aliphatic carboxylic acids is 1. The fourth-order valence-electron chi connectivity index (χ4n) is 3.18. The Hall–Kier alpha value is -2.20. The molecule has 1 aliphatic carbocycles. The standard InChI is InChI=1S/C20H25NO.C2H4O2/c1-3-18-9-8-17-7-6-16(14-19(17)21-18)5-4-15-10-12-20(2,22)13-11-15;1-2(3)4/h4-9,14-15,22H,3,10-13H2,1-2H3;1H3,(H,3,4)/b5-4+;. The molecule has 140 valence electrons. The van der Waals surface area contributed by atoms with E-state index in [-0.39, 0.29) is 0 Å². The Morgan fingerprint density at radius 3 is 2.50 bits per heavy atom. The fraction of sp³-hybridized carbons (Fsp3) is 0.455. The van der Waals surface area contributed by atoms with E-state index in [9.17, 15) is 5.11 Å². The molecule has 0 unspecified atom stereocenters. The van der Waals surface area contributed by atoms with Crippen molar-refractivity contribution in [1.29, 1.82) is 0 Å². The Morgan fingerprint density at radius 2 is 1.88 bits per heavy atom. The number of rotatable bonds is 3. The Labute approximate surface area is 155 Å². The number of aromatic nitrogens is 1. The van der Waals surface area contributed by atoms with Gasteiger partial charge < -0.3 is 10.2 Å². The first-order chi connectivity index (χ1) is 12.3. The molecule has 0 atom stereocenters. The number of aliphatic hydroxyl groups is 1. The van der Waals surface area contributed by atoms with Gasteiger partial charge in [-0.3, -0.25) is 9.78 Å². The zero-order valence-corrected chi connectivity index (χ0v) is 15.9. The zero-order valence-electron chi connectivity index (χ0n) is 15.9. The molecule has 1 heterocycles. The van der Waals surface area contributed by atoms with Crippen LogP contribution < -0.4 is 0 Å². The fourth-order valence-corrected chi connectivity index (χ4v) is 3.18. The van der Waals surface area contributed by atoms with Gasteiger partial charge in [0.05, 0.1) is 11.1 Å². The highest BCUT2D eigenvalue weighted by molar-refractivity contribution is 5.81. The predicted octanol–water partition coefficient (Wildman–Crippen LogP) is 4.84. The third-order valence-electron chi connectivity index (χ3n) is 4.80. The highest BCUT2D eigenvalue weighted by atomic mass is 16.4. The normalized spacial score (nSPS) is 22.8. The quantitative estimate of drug-likeness (QED) is 0.826. The van der Waals surface area contributed by atoms with Crippen LogP contribution in [0.5, 0.6) is 0 Å². The van der Waals surface area contributed by atoms with Gasteiger partial charge in [0.25, 0.3) is 5.97 Å².